The minimum atomic E-state index is -0.0209. The lowest BCUT2D eigenvalue weighted by atomic mass is 10.3. The zero-order valence-corrected chi connectivity index (χ0v) is 9.17. The molecule has 0 saturated carbocycles. The van der Waals surface area contributed by atoms with Gasteiger partial charge in [-0.15, -0.1) is 17.0 Å². The highest BCUT2D eigenvalue weighted by Crippen LogP contribution is 2.12. The molecule has 0 saturated heterocycles. The second kappa shape index (κ2) is 4.62. The van der Waals surface area contributed by atoms with Crippen molar-refractivity contribution >= 4 is 38.7 Å². The van der Waals surface area contributed by atoms with E-state index < -0.39 is 0 Å². The summed E-state index contributed by atoms with van der Waals surface area (Å²) in [6, 6.07) is 3.57. The van der Waals surface area contributed by atoms with Crippen molar-refractivity contribution in [3.05, 3.63) is 28.5 Å². The molecule has 0 aliphatic rings. The van der Waals surface area contributed by atoms with Crippen LogP contribution >= 0.6 is 32.9 Å². The van der Waals surface area contributed by atoms with Crippen molar-refractivity contribution in [2.24, 2.45) is 0 Å². The van der Waals surface area contributed by atoms with Crippen molar-refractivity contribution in [2.45, 2.75) is 6.92 Å². The molecule has 0 radical (unpaired) electrons. The van der Waals surface area contributed by atoms with E-state index in [2.05, 4.69) is 20.9 Å². The fourth-order valence-electron chi connectivity index (χ4n) is 0.645. The third-order valence-electron chi connectivity index (χ3n) is 1.09. The SMILES string of the molecule is Br.CC(=O)c1ncccc1Br. The zero-order chi connectivity index (χ0) is 7.56. The maximum atomic E-state index is 10.8. The van der Waals surface area contributed by atoms with Crippen LogP contribution in [0.5, 0.6) is 0 Å². The number of halogens is 2. The van der Waals surface area contributed by atoms with Crippen LogP contribution in [-0.4, -0.2) is 10.8 Å². The minimum absolute atomic E-state index is 0. The Morgan fingerprint density at radius 1 is 1.64 bits per heavy atom. The van der Waals surface area contributed by atoms with Crippen LogP contribution in [-0.2, 0) is 0 Å². The van der Waals surface area contributed by atoms with E-state index >= 15 is 0 Å². The molecule has 2 nitrogen and oxygen atoms in total. The third-order valence-corrected chi connectivity index (χ3v) is 1.73. The Hall–Kier alpha value is -0.220. The molecule has 1 rings (SSSR count). The zero-order valence-electron chi connectivity index (χ0n) is 5.87. The van der Waals surface area contributed by atoms with E-state index in [4.69, 9.17) is 0 Å². The van der Waals surface area contributed by atoms with Crippen molar-refractivity contribution < 1.29 is 4.79 Å². The number of Topliss-reactive ketones (excluding diaryl/α,β-unsaturated/α-hetero) is 1. The quantitative estimate of drug-likeness (QED) is 0.741. The summed E-state index contributed by atoms with van der Waals surface area (Å²) in [7, 11) is 0. The first-order valence-corrected chi connectivity index (χ1v) is 3.62. The largest absolute Gasteiger partial charge is 0.293 e. The molecular formula is C7H7Br2NO. The van der Waals surface area contributed by atoms with E-state index in [9.17, 15) is 4.79 Å². The number of ketones is 1. The number of hydrogen-bond acceptors (Lipinski definition) is 2. The van der Waals surface area contributed by atoms with Gasteiger partial charge in [-0.05, 0) is 28.1 Å². The summed E-state index contributed by atoms with van der Waals surface area (Å²) in [5.74, 6) is -0.0209. The minimum Gasteiger partial charge on any atom is -0.293 e. The Bertz CT molecular complexity index is 262. The highest BCUT2D eigenvalue weighted by molar-refractivity contribution is 9.10. The van der Waals surface area contributed by atoms with Crippen molar-refractivity contribution in [2.75, 3.05) is 0 Å². The van der Waals surface area contributed by atoms with Crippen LogP contribution in [0, 0.1) is 0 Å². The van der Waals surface area contributed by atoms with E-state index in [0.29, 0.717) is 5.69 Å². The van der Waals surface area contributed by atoms with E-state index in [0.717, 1.165) is 4.47 Å². The highest BCUT2D eigenvalue weighted by atomic mass is 79.9. The average Bonchev–Trinajstić information content (AvgIpc) is 1.88. The van der Waals surface area contributed by atoms with Crippen molar-refractivity contribution in [3.63, 3.8) is 0 Å². The van der Waals surface area contributed by atoms with Crippen LogP contribution in [0.3, 0.4) is 0 Å². The Labute approximate surface area is 83.9 Å². The summed E-state index contributed by atoms with van der Waals surface area (Å²) in [6.45, 7) is 1.49. The predicted molar refractivity (Wildman–Crippen MR) is 52.3 cm³/mol. The second-order valence-corrected chi connectivity index (χ2v) is 2.74. The normalized spacial score (nSPS) is 8.55. The van der Waals surface area contributed by atoms with Crippen LogP contribution in [0.2, 0.25) is 0 Å². The Balaban J connectivity index is 0.000001000. The van der Waals surface area contributed by atoms with Gasteiger partial charge >= 0.3 is 0 Å². The van der Waals surface area contributed by atoms with Gasteiger partial charge in [0.15, 0.2) is 5.78 Å². The monoisotopic (exact) mass is 279 g/mol. The van der Waals surface area contributed by atoms with Crippen molar-refractivity contribution in [3.8, 4) is 0 Å². The lowest BCUT2D eigenvalue weighted by Crippen LogP contribution is -1.96. The van der Waals surface area contributed by atoms with Gasteiger partial charge in [0, 0.05) is 17.6 Å². The molecule has 1 aromatic rings. The predicted octanol–water partition coefficient (Wildman–Crippen LogP) is 2.62. The Morgan fingerprint density at radius 3 is 2.64 bits per heavy atom. The number of aromatic nitrogens is 1. The third kappa shape index (κ3) is 2.71. The molecule has 11 heavy (non-hydrogen) atoms. The van der Waals surface area contributed by atoms with Crippen LogP contribution < -0.4 is 0 Å². The van der Waals surface area contributed by atoms with Crippen LogP contribution in [0.25, 0.3) is 0 Å². The number of rotatable bonds is 1. The van der Waals surface area contributed by atoms with Gasteiger partial charge in [-0.3, -0.25) is 9.78 Å². The van der Waals surface area contributed by atoms with Gasteiger partial charge in [-0.2, -0.15) is 0 Å². The summed E-state index contributed by atoms with van der Waals surface area (Å²) in [5.41, 5.74) is 0.488. The lowest BCUT2D eigenvalue weighted by molar-refractivity contribution is 0.101. The molecule has 4 heteroatoms. The maximum Gasteiger partial charge on any atom is 0.179 e. The van der Waals surface area contributed by atoms with E-state index in [1.54, 1.807) is 18.3 Å². The first kappa shape index (κ1) is 10.8. The van der Waals surface area contributed by atoms with Gasteiger partial charge < -0.3 is 0 Å². The van der Waals surface area contributed by atoms with Gasteiger partial charge in [0.2, 0.25) is 0 Å². The fraction of sp³-hybridized carbons (Fsp3) is 0.143. The van der Waals surface area contributed by atoms with E-state index in [1.807, 2.05) is 0 Å². The van der Waals surface area contributed by atoms with E-state index in [-0.39, 0.29) is 22.8 Å². The molecular weight excluding hydrogens is 274 g/mol. The molecule has 1 aromatic heterocycles. The number of pyridine rings is 1. The topological polar surface area (TPSA) is 30.0 Å². The maximum absolute atomic E-state index is 10.8. The lowest BCUT2D eigenvalue weighted by Gasteiger charge is -1.94. The number of carbonyl (C=O) groups is 1. The second-order valence-electron chi connectivity index (χ2n) is 1.89. The fourth-order valence-corrected chi connectivity index (χ4v) is 1.18. The smallest absolute Gasteiger partial charge is 0.179 e. The van der Waals surface area contributed by atoms with Gasteiger partial charge in [-0.1, -0.05) is 0 Å². The van der Waals surface area contributed by atoms with Gasteiger partial charge in [0.05, 0.1) is 0 Å². The Kier molecular flexibility index (Phi) is 4.52. The first-order chi connectivity index (χ1) is 4.72. The number of hydrogen-bond donors (Lipinski definition) is 0. The van der Waals surface area contributed by atoms with Crippen LogP contribution in [0.15, 0.2) is 22.8 Å². The van der Waals surface area contributed by atoms with Crippen LogP contribution in [0.1, 0.15) is 17.4 Å². The van der Waals surface area contributed by atoms with Gasteiger partial charge in [0.1, 0.15) is 5.69 Å². The number of carbonyl (C=O) groups excluding carboxylic acids is 1. The molecule has 0 unspecified atom stereocenters. The summed E-state index contributed by atoms with van der Waals surface area (Å²) in [6.07, 6.45) is 1.60. The number of nitrogens with zero attached hydrogens (tertiary/aromatic N) is 1. The molecule has 1 heterocycles. The summed E-state index contributed by atoms with van der Waals surface area (Å²) in [5, 5.41) is 0. The molecule has 0 aliphatic carbocycles. The van der Waals surface area contributed by atoms with Gasteiger partial charge in [-0.25, -0.2) is 0 Å². The molecule has 0 amide bonds. The molecule has 0 bridgehead atoms. The molecule has 0 fully saturated rings. The average molecular weight is 281 g/mol. The molecule has 0 spiro atoms. The van der Waals surface area contributed by atoms with Crippen LogP contribution in [0.4, 0.5) is 0 Å². The molecule has 60 valence electrons. The van der Waals surface area contributed by atoms with Crippen molar-refractivity contribution in [1.29, 1.82) is 0 Å². The first-order valence-electron chi connectivity index (χ1n) is 2.83. The van der Waals surface area contributed by atoms with Gasteiger partial charge in [0.25, 0.3) is 0 Å². The summed E-state index contributed by atoms with van der Waals surface area (Å²) >= 11 is 3.21. The van der Waals surface area contributed by atoms with E-state index in [1.165, 1.54) is 6.92 Å². The molecule has 0 aromatic carbocycles. The summed E-state index contributed by atoms with van der Waals surface area (Å²) in [4.78, 5) is 14.7. The molecule has 0 aliphatic heterocycles. The highest BCUT2D eigenvalue weighted by Gasteiger charge is 2.03. The standard InChI is InChI=1S/C7H6BrNO.BrH/c1-5(10)7-6(8)3-2-4-9-7;/h2-4H,1H3;1H. The Morgan fingerprint density at radius 2 is 2.27 bits per heavy atom. The summed E-state index contributed by atoms with van der Waals surface area (Å²) < 4.78 is 0.752. The molecule has 0 atom stereocenters. The molecule has 0 N–H and O–H groups in total. The van der Waals surface area contributed by atoms with Crippen molar-refractivity contribution in [1.82, 2.24) is 4.98 Å².